The molecular weight excluding hydrogens is 276 g/mol. The van der Waals surface area contributed by atoms with Crippen LogP contribution in [0.2, 0.25) is 0 Å². The third-order valence-electron chi connectivity index (χ3n) is 4.69. The second kappa shape index (κ2) is 5.41. The molecule has 22 heavy (non-hydrogen) atoms. The average molecular weight is 300 g/mol. The van der Waals surface area contributed by atoms with Crippen molar-refractivity contribution < 1.29 is 9.59 Å². The Bertz CT molecular complexity index is 605. The van der Waals surface area contributed by atoms with Crippen molar-refractivity contribution in [2.45, 2.75) is 46.1 Å². The van der Waals surface area contributed by atoms with Crippen molar-refractivity contribution >= 4 is 17.5 Å². The van der Waals surface area contributed by atoms with Crippen molar-refractivity contribution in [2.75, 3.05) is 11.4 Å². The maximum absolute atomic E-state index is 13.1. The van der Waals surface area contributed by atoms with E-state index in [0.717, 1.165) is 12.1 Å². The number of nitrogens with zero attached hydrogens (tertiary/aromatic N) is 1. The van der Waals surface area contributed by atoms with Crippen molar-refractivity contribution in [1.29, 1.82) is 0 Å². The van der Waals surface area contributed by atoms with Crippen LogP contribution in [0.5, 0.6) is 0 Å². The molecule has 1 aliphatic heterocycles. The lowest BCUT2D eigenvalue weighted by Crippen LogP contribution is -2.48. The molecule has 0 radical (unpaired) electrons. The Balaban J connectivity index is 1.81. The Labute approximate surface area is 131 Å². The summed E-state index contributed by atoms with van der Waals surface area (Å²) >= 11 is 0. The van der Waals surface area contributed by atoms with Gasteiger partial charge in [-0.05, 0) is 43.7 Å². The summed E-state index contributed by atoms with van der Waals surface area (Å²) in [5.41, 5.74) is 1.35. The highest BCUT2D eigenvalue weighted by Crippen LogP contribution is 2.49. The number of benzene rings is 1. The van der Waals surface area contributed by atoms with Gasteiger partial charge in [-0.15, -0.1) is 0 Å². The van der Waals surface area contributed by atoms with Gasteiger partial charge in [-0.25, -0.2) is 0 Å². The topological polar surface area (TPSA) is 49.4 Å². The number of carbonyl (C=O) groups excluding carboxylic acids is 2. The summed E-state index contributed by atoms with van der Waals surface area (Å²) < 4.78 is 0. The molecular formula is C18H24N2O2. The number of nitrogens with one attached hydrogen (secondary N) is 1. The monoisotopic (exact) mass is 300 g/mol. The Morgan fingerprint density at radius 2 is 2.00 bits per heavy atom. The van der Waals surface area contributed by atoms with Gasteiger partial charge in [0.25, 0.3) is 0 Å². The van der Waals surface area contributed by atoms with Gasteiger partial charge in [-0.1, -0.05) is 32.0 Å². The molecule has 3 rings (SSSR count). The van der Waals surface area contributed by atoms with E-state index < -0.39 is 5.41 Å². The summed E-state index contributed by atoms with van der Waals surface area (Å²) in [5, 5.41) is 2.94. The van der Waals surface area contributed by atoms with Gasteiger partial charge in [-0.3, -0.25) is 9.59 Å². The highest BCUT2D eigenvalue weighted by atomic mass is 16.2. The van der Waals surface area contributed by atoms with Crippen molar-refractivity contribution in [3.05, 3.63) is 29.8 Å². The molecule has 2 aliphatic rings. The van der Waals surface area contributed by atoms with Gasteiger partial charge in [0.15, 0.2) is 0 Å². The molecule has 4 nitrogen and oxygen atoms in total. The first kappa shape index (κ1) is 15.1. The minimum Gasteiger partial charge on any atom is -0.355 e. The number of hydrogen-bond donors (Lipinski definition) is 1. The standard InChI is InChI=1S/C18H24N2O2/c1-12(2)11-19-16(21)18(8-9-18)17(22)20-13(3)10-14-6-4-5-7-15(14)20/h4-7,12-13H,8-11H2,1-3H3,(H,19,21). The summed E-state index contributed by atoms with van der Waals surface area (Å²) in [6, 6.07) is 8.13. The van der Waals surface area contributed by atoms with Crippen LogP contribution in [0.25, 0.3) is 0 Å². The van der Waals surface area contributed by atoms with E-state index in [9.17, 15) is 9.59 Å². The number of carbonyl (C=O) groups is 2. The van der Waals surface area contributed by atoms with Crippen LogP contribution >= 0.6 is 0 Å². The molecule has 0 spiro atoms. The van der Waals surface area contributed by atoms with Crippen molar-refractivity contribution in [1.82, 2.24) is 5.32 Å². The molecule has 0 saturated heterocycles. The molecule has 1 atom stereocenters. The van der Waals surface area contributed by atoms with E-state index in [1.54, 1.807) is 0 Å². The van der Waals surface area contributed by atoms with Crippen LogP contribution in [0.1, 0.15) is 39.2 Å². The zero-order valence-corrected chi connectivity index (χ0v) is 13.6. The molecule has 118 valence electrons. The molecule has 1 unspecified atom stereocenters. The first-order chi connectivity index (χ1) is 10.5. The van der Waals surface area contributed by atoms with Crippen LogP contribution in [0.4, 0.5) is 5.69 Å². The molecule has 2 amide bonds. The lowest BCUT2D eigenvalue weighted by molar-refractivity contribution is -0.136. The zero-order chi connectivity index (χ0) is 15.9. The molecule has 1 saturated carbocycles. The van der Waals surface area contributed by atoms with Crippen LogP contribution < -0.4 is 10.2 Å². The third-order valence-corrected chi connectivity index (χ3v) is 4.69. The van der Waals surface area contributed by atoms with Crippen LogP contribution in [0, 0.1) is 11.3 Å². The summed E-state index contributed by atoms with van der Waals surface area (Å²) in [6.45, 7) is 6.79. The molecule has 0 bridgehead atoms. The van der Waals surface area contributed by atoms with Gasteiger partial charge in [0.05, 0.1) is 0 Å². The summed E-state index contributed by atoms with van der Waals surface area (Å²) in [5.74, 6) is 0.273. The van der Waals surface area contributed by atoms with E-state index in [4.69, 9.17) is 0 Å². The van der Waals surface area contributed by atoms with Gasteiger partial charge < -0.3 is 10.2 Å². The van der Waals surface area contributed by atoms with Gasteiger partial charge in [-0.2, -0.15) is 0 Å². The second-order valence-electron chi connectivity index (χ2n) is 7.04. The summed E-state index contributed by atoms with van der Waals surface area (Å²) in [7, 11) is 0. The fourth-order valence-electron chi connectivity index (χ4n) is 3.23. The minimum absolute atomic E-state index is 0.0220. The zero-order valence-electron chi connectivity index (χ0n) is 13.6. The van der Waals surface area contributed by atoms with E-state index in [1.165, 1.54) is 5.56 Å². The lowest BCUT2D eigenvalue weighted by Gasteiger charge is -2.27. The molecule has 4 heteroatoms. The Hall–Kier alpha value is -1.84. The molecule has 1 heterocycles. The number of hydrogen-bond acceptors (Lipinski definition) is 2. The maximum atomic E-state index is 13.1. The van der Waals surface area contributed by atoms with E-state index in [1.807, 2.05) is 23.1 Å². The van der Waals surface area contributed by atoms with Crippen LogP contribution in [-0.2, 0) is 16.0 Å². The molecule has 1 aromatic rings. The van der Waals surface area contributed by atoms with Crippen molar-refractivity contribution in [2.24, 2.45) is 11.3 Å². The van der Waals surface area contributed by atoms with Crippen molar-refractivity contribution in [3.63, 3.8) is 0 Å². The van der Waals surface area contributed by atoms with Gasteiger partial charge in [0.2, 0.25) is 11.8 Å². The predicted octanol–water partition coefficient (Wildman–Crippen LogP) is 2.52. The lowest BCUT2D eigenvalue weighted by atomic mass is 10.0. The molecule has 1 aromatic carbocycles. The third kappa shape index (κ3) is 2.40. The maximum Gasteiger partial charge on any atom is 0.242 e. The Morgan fingerprint density at radius 3 is 2.64 bits per heavy atom. The molecule has 1 aliphatic carbocycles. The summed E-state index contributed by atoms with van der Waals surface area (Å²) in [4.78, 5) is 27.4. The highest BCUT2D eigenvalue weighted by Gasteiger charge is 2.59. The van der Waals surface area contributed by atoms with Gasteiger partial charge >= 0.3 is 0 Å². The van der Waals surface area contributed by atoms with Crippen LogP contribution in [0.15, 0.2) is 24.3 Å². The van der Waals surface area contributed by atoms with Gasteiger partial charge in [0.1, 0.15) is 5.41 Å². The van der Waals surface area contributed by atoms with E-state index >= 15 is 0 Å². The summed E-state index contributed by atoms with van der Waals surface area (Å²) in [6.07, 6.45) is 2.20. The van der Waals surface area contributed by atoms with E-state index in [-0.39, 0.29) is 17.9 Å². The predicted molar refractivity (Wildman–Crippen MR) is 86.6 cm³/mol. The van der Waals surface area contributed by atoms with Gasteiger partial charge in [0, 0.05) is 18.3 Å². The SMILES string of the molecule is CC(C)CNC(=O)C1(C(=O)N2c3ccccc3CC2C)CC1. The Kier molecular flexibility index (Phi) is 3.71. The molecule has 0 aromatic heterocycles. The largest absolute Gasteiger partial charge is 0.355 e. The molecule has 1 N–H and O–H groups in total. The van der Waals surface area contributed by atoms with Crippen LogP contribution in [-0.4, -0.2) is 24.4 Å². The molecule has 1 fully saturated rings. The minimum atomic E-state index is -0.819. The number of anilines is 1. The van der Waals surface area contributed by atoms with Crippen molar-refractivity contribution in [3.8, 4) is 0 Å². The Morgan fingerprint density at radius 1 is 1.32 bits per heavy atom. The highest BCUT2D eigenvalue weighted by molar-refractivity contribution is 6.14. The number of para-hydroxylation sites is 1. The van der Waals surface area contributed by atoms with E-state index in [0.29, 0.717) is 25.3 Å². The smallest absolute Gasteiger partial charge is 0.242 e. The average Bonchev–Trinajstić information content (AvgIpc) is 3.22. The fraction of sp³-hybridized carbons (Fsp3) is 0.556. The number of amides is 2. The number of fused-ring (bicyclic) bond motifs is 1. The second-order valence-corrected chi connectivity index (χ2v) is 7.04. The number of rotatable bonds is 4. The normalized spacial score (nSPS) is 21.6. The fourth-order valence-corrected chi connectivity index (χ4v) is 3.23. The van der Waals surface area contributed by atoms with E-state index in [2.05, 4.69) is 32.2 Å². The van der Waals surface area contributed by atoms with Crippen LogP contribution in [0.3, 0.4) is 0 Å². The quantitative estimate of drug-likeness (QED) is 0.869. The first-order valence-electron chi connectivity index (χ1n) is 8.15. The first-order valence-corrected chi connectivity index (χ1v) is 8.15.